The highest BCUT2D eigenvalue weighted by Crippen LogP contribution is 2.34. The van der Waals surface area contributed by atoms with Crippen molar-refractivity contribution in [1.82, 2.24) is 15.0 Å². The summed E-state index contributed by atoms with van der Waals surface area (Å²) >= 11 is 0. The Morgan fingerprint density at radius 1 is 1.00 bits per heavy atom. The first-order valence-corrected chi connectivity index (χ1v) is 12.3. The normalized spacial score (nSPS) is 14.8. The van der Waals surface area contributed by atoms with Crippen LogP contribution in [0.3, 0.4) is 0 Å². The zero-order chi connectivity index (χ0) is 24.2. The number of nitrogens with zero attached hydrogens (tertiary/aromatic N) is 4. The number of hydrogen-bond acceptors (Lipinski definition) is 6. The second kappa shape index (κ2) is 10.2. The topological polar surface area (TPSA) is 80.0 Å². The minimum Gasteiger partial charge on any atom is -0.351 e. The van der Waals surface area contributed by atoms with Crippen LogP contribution in [-0.4, -0.2) is 27.5 Å². The molecule has 4 aromatic rings. The fourth-order valence-electron chi connectivity index (χ4n) is 4.67. The van der Waals surface area contributed by atoms with E-state index < -0.39 is 0 Å². The first kappa shape index (κ1) is 23.0. The maximum Gasteiger partial charge on any atom is 0.224 e. The van der Waals surface area contributed by atoms with Gasteiger partial charge in [0.15, 0.2) is 0 Å². The summed E-state index contributed by atoms with van der Waals surface area (Å²) in [6, 6.07) is 23.2. The monoisotopic (exact) mass is 464 g/mol. The SMILES string of the molecule is CC(Cc1cccc([C@@H](C)N)c1)Nc1nccc(N2CCCc3cnc(-c4ccccc4)cc32)n1. The number of anilines is 3. The van der Waals surface area contributed by atoms with E-state index in [0.717, 1.165) is 48.4 Å². The van der Waals surface area contributed by atoms with Gasteiger partial charge < -0.3 is 16.0 Å². The molecule has 0 radical (unpaired) electrons. The summed E-state index contributed by atoms with van der Waals surface area (Å²) in [7, 11) is 0. The first-order valence-electron chi connectivity index (χ1n) is 12.3. The van der Waals surface area contributed by atoms with Crippen LogP contribution in [0, 0.1) is 0 Å². The molecule has 6 heteroatoms. The zero-order valence-electron chi connectivity index (χ0n) is 20.4. The molecule has 0 fully saturated rings. The van der Waals surface area contributed by atoms with Gasteiger partial charge in [-0.1, -0.05) is 54.6 Å². The lowest BCUT2D eigenvalue weighted by Crippen LogP contribution is -2.26. The van der Waals surface area contributed by atoms with Crippen molar-refractivity contribution in [1.29, 1.82) is 0 Å². The second-order valence-corrected chi connectivity index (χ2v) is 9.34. The predicted molar refractivity (Wildman–Crippen MR) is 143 cm³/mol. The molecule has 2 aromatic carbocycles. The molecule has 178 valence electrons. The van der Waals surface area contributed by atoms with Gasteiger partial charge in [0.2, 0.25) is 5.95 Å². The van der Waals surface area contributed by atoms with Crippen LogP contribution in [0.2, 0.25) is 0 Å². The van der Waals surface area contributed by atoms with Gasteiger partial charge in [-0.2, -0.15) is 4.98 Å². The van der Waals surface area contributed by atoms with Crippen LogP contribution in [0.1, 0.15) is 43.0 Å². The van der Waals surface area contributed by atoms with Crippen molar-refractivity contribution in [2.24, 2.45) is 5.73 Å². The average molecular weight is 465 g/mol. The summed E-state index contributed by atoms with van der Waals surface area (Å²) in [5.74, 6) is 1.54. The molecular weight excluding hydrogens is 432 g/mol. The van der Waals surface area contributed by atoms with Gasteiger partial charge in [0.1, 0.15) is 5.82 Å². The highest BCUT2D eigenvalue weighted by atomic mass is 15.2. The number of nitrogens with two attached hydrogens (primary N) is 1. The van der Waals surface area contributed by atoms with Crippen LogP contribution >= 0.6 is 0 Å². The van der Waals surface area contributed by atoms with Crippen LogP contribution in [0.25, 0.3) is 11.3 Å². The lowest BCUT2D eigenvalue weighted by atomic mass is 10.0. The highest BCUT2D eigenvalue weighted by molar-refractivity contribution is 5.72. The van der Waals surface area contributed by atoms with E-state index >= 15 is 0 Å². The molecule has 6 nitrogen and oxygen atoms in total. The third-order valence-corrected chi connectivity index (χ3v) is 6.46. The maximum atomic E-state index is 6.06. The minimum atomic E-state index is 0.0308. The molecule has 35 heavy (non-hydrogen) atoms. The highest BCUT2D eigenvalue weighted by Gasteiger charge is 2.21. The van der Waals surface area contributed by atoms with Gasteiger partial charge in [-0.15, -0.1) is 0 Å². The Balaban J connectivity index is 1.35. The molecule has 0 aliphatic carbocycles. The van der Waals surface area contributed by atoms with E-state index in [1.807, 2.05) is 43.6 Å². The Labute approximate surface area is 207 Å². The van der Waals surface area contributed by atoms with Crippen LogP contribution in [0.4, 0.5) is 17.5 Å². The van der Waals surface area contributed by atoms with E-state index in [2.05, 4.69) is 64.6 Å². The average Bonchev–Trinajstić information content (AvgIpc) is 2.89. The van der Waals surface area contributed by atoms with Crippen molar-refractivity contribution in [2.75, 3.05) is 16.8 Å². The number of benzene rings is 2. The number of fused-ring (bicyclic) bond motifs is 1. The van der Waals surface area contributed by atoms with Gasteiger partial charge in [-0.25, -0.2) is 4.98 Å². The lowest BCUT2D eigenvalue weighted by Gasteiger charge is -2.30. The number of aromatic nitrogens is 3. The molecule has 0 saturated heterocycles. The van der Waals surface area contributed by atoms with Gasteiger partial charge in [0.05, 0.1) is 5.69 Å². The largest absolute Gasteiger partial charge is 0.351 e. The Kier molecular flexibility index (Phi) is 6.73. The Hall–Kier alpha value is -3.77. The smallest absolute Gasteiger partial charge is 0.224 e. The van der Waals surface area contributed by atoms with Gasteiger partial charge in [-0.3, -0.25) is 4.98 Å². The fraction of sp³-hybridized carbons (Fsp3) is 0.276. The number of aryl methyl sites for hydroxylation is 1. The summed E-state index contributed by atoms with van der Waals surface area (Å²) in [4.78, 5) is 16.4. The van der Waals surface area contributed by atoms with Crippen molar-refractivity contribution in [3.63, 3.8) is 0 Å². The number of pyridine rings is 1. The van der Waals surface area contributed by atoms with Crippen LogP contribution in [0.15, 0.2) is 79.1 Å². The zero-order valence-corrected chi connectivity index (χ0v) is 20.4. The Bertz CT molecular complexity index is 1290. The standard InChI is InChI=1S/C29H32N6/c1-20(16-22-8-6-11-24(17-22)21(2)30)33-29-31-14-13-28(34-29)35-15-7-12-25-19-32-26(18-27(25)35)23-9-4-3-5-10-23/h3-6,8-11,13-14,17-21H,7,12,15-16,30H2,1-2H3,(H,31,33,34)/t20?,21-/m1/s1. The molecule has 0 bridgehead atoms. The van der Waals surface area contributed by atoms with Crippen molar-refractivity contribution in [3.05, 3.63) is 95.8 Å². The van der Waals surface area contributed by atoms with Gasteiger partial charge in [0.25, 0.3) is 0 Å². The van der Waals surface area contributed by atoms with E-state index in [-0.39, 0.29) is 12.1 Å². The summed E-state index contributed by atoms with van der Waals surface area (Å²) in [5, 5.41) is 3.49. The van der Waals surface area contributed by atoms with Crippen molar-refractivity contribution >= 4 is 17.5 Å². The number of nitrogens with one attached hydrogen (secondary N) is 1. The minimum absolute atomic E-state index is 0.0308. The number of rotatable bonds is 7. The summed E-state index contributed by atoms with van der Waals surface area (Å²) in [5.41, 5.74) is 13.0. The molecule has 3 N–H and O–H groups in total. The third kappa shape index (κ3) is 5.33. The molecular formula is C29H32N6. The molecule has 1 aliphatic heterocycles. The van der Waals surface area contributed by atoms with Crippen molar-refractivity contribution in [2.45, 2.75) is 45.2 Å². The van der Waals surface area contributed by atoms with E-state index in [4.69, 9.17) is 15.7 Å². The van der Waals surface area contributed by atoms with Crippen molar-refractivity contribution < 1.29 is 0 Å². The first-order chi connectivity index (χ1) is 17.1. The third-order valence-electron chi connectivity index (χ3n) is 6.46. The number of hydrogen-bond donors (Lipinski definition) is 2. The molecule has 1 unspecified atom stereocenters. The van der Waals surface area contributed by atoms with Crippen molar-refractivity contribution in [3.8, 4) is 11.3 Å². The van der Waals surface area contributed by atoms with E-state index in [1.54, 1.807) is 0 Å². The molecule has 3 heterocycles. The molecule has 1 aliphatic rings. The van der Waals surface area contributed by atoms with Crippen LogP contribution in [0.5, 0.6) is 0 Å². The lowest BCUT2D eigenvalue weighted by molar-refractivity contribution is 0.748. The van der Waals surface area contributed by atoms with E-state index in [1.165, 1.54) is 16.8 Å². The Morgan fingerprint density at radius 3 is 2.69 bits per heavy atom. The second-order valence-electron chi connectivity index (χ2n) is 9.34. The fourth-order valence-corrected chi connectivity index (χ4v) is 4.67. The molecule has 0 saturated carbocycles. The van der Waals surface area contributed by atoms with Gasteiger partial charge in [-0.05, 0) is 61.9 Å². The van der Waals surface area contributed by atoms with Crippen LogP contribution in [-0.2, 0) is 12.8 Å². The Morgan fingerprint density at radius 2 is 1.86 bits per heavy atom. The van der Waals surface area contributed by atoms with Gasteiger partial charge >= 0.3 is 0 Å². The summed E-state index contributed by atoms with van der Waals surface area (Å²) < 4.78 is 0. The van der Waals surface area contributed by atoms with Gasteiger partial charge in [0, 0.05) is 42.3 Å². The summed E-state index contributed by atoms with van der Waals surface area (Å²) in [6.07, 6.45) is 6.82. The van der Waals surface area contributed by atoms with E-state index in [9.17, 15) is 0 Å². The predicted octanol–water partition coefficient (Wildman–Crippen LogP) is 5.69. The van der Waals surface area contributed by atoms with Crippen LogP contribution < -0.4 is 16.0 Å². The maximum absolute atomic E-state index is 6.06. The van der Waals surface area contributed by atoms with E-state index in [0.29, 0.717) is 5.95 Å². The molecule has 5 rings (SSSR count). The summed E-state index contributed by atoms with van der Waals surface area (Å²) in [6.45, 7) is 5.08. The molecule has 2 atom stereocenters. The molecule has 0 amide bonds. The molecule has 2 aromatic heterocycles. The molecule has 0 spiro atoms. The quantitative estimate of drug-likeness (QED) is 0.366.